The van der Waals surface area contributed by atoms with Crippen molar-refractivity contribution in [3.05, 3.63) is 35.4 Å². The van der Waals surface area contributed by atoms with Crippen LogP contribution in [0.5, 0.6) is 5.75 Å². The van der Waals surface area contributed by atoms with Crippen molar-refractivity contribution in [1.29, 1.82) is 5.26 Å². The highest BCUT2D eigenvalue weighted by Gasteiger charge is 2.18. The van der Waals surface area contributed by atoms with Crippen LogP contribution in [-0.4, -0.2) is 43.0 Å². The van der Waals surface area contributed by atoms with E-state index >= 15 is 0 Å². The summed E-state index contributed by atoms with van der Waals surface area (Å²) < 4.78 is 5.36. The first kappa shape index (κ1) is 18.5. The number of nitrogens with zero attached hydrogens (tertiary/aromatic N) is 2. The van der Waals surface area contributed by atoms with E-state index in [0.717, 1.165) is 43.7 Å². The van der Waals surface area contributed by atoms with Crippen molar-refractivity contribution < 1.29 is 14.3 Å². The number of hydrogen-bond acceptors (Lipinski definition) is 4. The molecule has 132 valence electrons. The monoisotopic (exact) mass is 341 g/mol. The van der Waals surface area contributed by atoms with E-state index in [4.69, 9.17) is 4.74 Å². The Hall–Kier alpha value is -2.81. The second-order valence-electron chi connectivity index (χ2n) is 5.80. The van der Waals surface area contributed by atoms with E-state index < -0.39 is 5.91 Å². The molecule has 0 radical (unpaired) electrons. The van der Waals surface area contributed by atoms with Crippen molar-refractivity contribution in [1.82, 2.24) is 10.2 Å². The highest BCUT2D eigenvalue weighted by Crippen LogP contribution is 2.14. The molecule has 1 aromatic rings. The molecule has 1 aliphatic heterocycles. The number of ether oxygens (including phenoxy) is 1. The highest BCUT2D eigenvalue weighted by molar-refractivity contribution is 6.03. The second-order valence-corrected chi connectivity index (χ2v) is 5.80. The van der Waals surface area contributed by atoms with E-state index in [-0.39, 0.29) is 18.0 Å². The van der Waals surface area contributed by atoms with Gasteiger partial charge in [-0.05, 0) is 50.0 Å². The summed E-state index contributed by atoms with van der Waals surface area (Å²) in [5.74, 6) is 0.0860. The van der Waals surface area contributed by atoms with Gasteiger partial charge in [0.1, 0.15) is 17.4 Å². The Kier molecular flexibility index (Phi) is 7.02. The predicted octanol–water partition coefficient (Wildman–Crippen LogP) is 2.12. The molecule has 1 aliphatic rings. The number of carbonyl (C=O) groups is 2. The number of nitriles is 1. The molecule has 1 heterocycles. The van der Waals surface area contributed by atoms with E-state index in [1.165, 1.54) is 6.08 Å². The van der Waals surface area contributed by atoms with Gasteiger partial charge >= 0.3 is 0 Å². The molecule has 0 bridgehead atoms. The van der Waals surface area contributed by atoms with E-state index in [0.29, 0.717) is 6.61 Å². The molecule has 0 atom stereocenters. The summed E-state index contributed by atoms with van der Waals surface area (Å²) in [4.78, 5) is 26.0. The lowest BCUT2D eigenvalue weighted by molar-refractivity contribution is -0.132. The molecule has 0 saturated carbocycles. The topological polar surface area (TPSA) is 82.4 Å². The smallest absolute Gasteiger partial charge is 0.262 e. The molecule has 0 unspecified atom stereocenters. The fraction of sp³-hybridized carbons (Fsp3) is 0.421. The molecular formula is C19H23N3O3. The lowest BCUT2D eigenvalue weighted by Crippen LogP contribution is -2.42. The van der Waals surface area contributed by atoms with Gasteiger partial charge in [0.05, 0.1) is 13.2 Å². The summed E-state index contributed by atoms with van der Waals surface area (Å²) in [6.45, 7) is 3.87. The van der Waals surface area contributed by atoms with Gasteiger partial charge in [-0.25, -0.2) is 0 Å². The third-order valence-electron chi connectivity index (χ3n) is 3.98. The van der Waals surface area contributed by atoms with Gasteiger partial charge < -0.3 is 15.0 Å². The van der Waals surface area contributed by atoms with Gasteiger partial charge in [0.2, 0.25) is 5.91 Å². The van der Waals surface area contributed by atoms with Crippen LogP contribution in [0, 0.1) is 11.3 Å². The molecule has 1 aromatic carbocycles. The van der Waals surface area contributed by atoms with Crippen LogP contribution in [0.2, 0.25) is 0 Å². The van der Waals surface area contributed by atoms with Crippen molar-refractivity contribution >= 4 is 17.9 Å². The average Bonchev–Trinajstić information content (AvgIpc) is 2.66. The van der Waals surface area contributed by atoms with Crippen LogP contribution in [0.4, 0.5) is 0 Å². The van der Waals surface area contributed by atoms with E-state index in [2.05, 4.69) is 5.32 Å². The first-order valence-electron chi connectivity index (χ1n) is 8.54. The first-order chi connectivity index (χ1) is 12.1. The first-order valence-corrected chi connectivity index (χ1v) is 8.54. The van der Waals surface area contributed by atoms with Crippen molar-refractivity contribution in [3.63, 3.8) is 0 Å². The summed E-state index contributed by atoms with van der Waals surface area (Å²) in [6, 6.07) is 8.99. The van der Waals surface area contributed by atoms with E-state index in [1.807, 2.05) is 13.0 Å². The van der Waals surface area contributed by atoms with Gasteiger partial charge in [0.25, 0.3) is 5.91 Å². The summed E-state index contributed by atoms with van der Waals surface area (Å²) in [5.41, 5.74) is 0.688. The normalized spacial score (nSPS) is 14.6. The maximum absolute atomic E-state index is 12.1. The number of carbonyl (C=O) groups excluding carboxylic acids is 2. The van der Waals surface area contributed by atoms with Crippen molar-refractivity contribution in [2.75, 3.05) is 26.2 Å². The van der Waals surface area contributed by atoms with Gasteiger partial charge in [-0.3, -0.25) is 9.59 Å². The lowest BCUT2D eigenvalue weighted by Gasteiger charge is -2.26. The number of likely N-dealkylation sites (tertiary alicyclic amines) is 1. The molecule has 0 spiro atoms. The van der Waals surface area contributed by atoms with Crippen LogP contribution < -0.4 is 10.1 Å². The lowest BCUT2D eigenvalue weighted by atomic mass is 10.1. The van der Waals surface area contributed by atoms with Gasteiger partial charge in [0.15, 0.2) is 0 Å². The molecule has 2 amide bonds. The SMILES string of the molecule is CCOc1ccc(/C=C(/C#N)C(=O)NCC(=O)N2CCCCC2)cc1. The van der Waals surface area contributed by atoms with Crippen LogP contribution in [0.25, 0.3) is 6.08 Å². The summed E-state index contributed by atoms with van der Waals surface area (Å²) in [5, 5.41) is 11.7. The second kappa shape index (κ2) is 9.48. The maximum Gasteiger partial charge on any atom is 0.262 e. The minimum Gasteiger partial charge on any atom is -0.494 e. The molecule has 25 heavy (non-hydrogen) atoms. The Morgan fingerprint density at radius 1 is 1.24 bits per heavy atom. The number of nitrogens with one attached hydrogen (secondary N) is 1. The fourth-order valence-electron chi connectivity index (χ4n) is 2.65. The Balaban J connectivity index is 1.93. The predicted molar refractivity (Wildman–Crippen MR) is 94.6 cm³/mol. The fourth-order valence-corrected chi connectivity index (χ4v) is 2.65. The van der Waals surface area contributed by atoms with E-state index in [9.17, 15) is 14.9 Å². The summed E-state index contributed by atoms with van der Waals surface area (Å²) >= 11 is 0. The third-order valence-corrected chi connectivity index (χ3v) is 3.98. The van der Waals surface area contributed by atoms with Crippen LogP contribution in [0.15, 0.2) is 29.8 Å². The van der Waals surface area contributed by atoms with Gasteiger partial charge in [-0.2, -0.15) is 5.26 Å². The maximum atomic E-state index is 12.1. The molecule has 0 aliphatic carbocycles. The minimum absolute atomic E-state index is 0.0318. The summed E-state index contributed by atoms with van der Waals surface area (Å²) in [7, 11) is 0. The number of rotatable bonds is 6. The Morgan fingerprint density at radius 2 is 1.92 bits per heavy atom. The zero-order valence-electron chi connectivity index (χ0n) is 14.5. The number of amides is 2. The largest absolute Gasteiger partial charge is 0.494 e. The number of benzene rings is 1. The third kappa shape index (κ3) is 5.64. The van der Waals surface area contributed by atoms with Crippen LogP contribution >= 0.6 is 0 Å². The van der Waals surface area contributed by atoms with Crippen molar-refractivity contribution in [2.24, 2.45) is 0 Å². The van der Waals surface area contributed by atoms with Crippen molar-refractivity contribution in [3.8, 4) is 11.8 Å². The molecule has 1 saturated heterocycles. The van der Waals surface area contributed by atoms with Crippen LogP contribution in [0.1, 0.15) is 31.7 Å². The number of hydrogen-bond donors (Lipinski definition) is 1. The van der Waals surface area contributed by atoms with Gasteiger partial charge in [0, 0.05) is 13.1 Å². The van der Waals surface area contributed by atoms with Gasteiger partial charge in [-0.15, -0.1) is 0 Å². The minimum atomic E-state index is -0.540. The molecule has 0 aromatic heterocycles. The summed E-state index contributed by atoms with van der Waals surface area (Å²) in [6.07, 6.45) is 4.64. The Labute approximate surface area is 148 Å². The Morgan fingerprint density at radius 3 is 2.52 bits per heavy atom. The van der Waals surface area contributed by atoms with Crippen LogP contribution in [0.3, 0.4) is 0 Å². The average molecular weight is 341 g/mol. The quantitative estimate of drug-likeness (QED) is 0.635. The Bertz CT molecular complexity index is 668. The highest BCUT2D eigenvalue weighted by atomic mass is 16.5. The molecule has 1 N–H and O–H groups in total. The molecular weight excluding hydrogens is 318 g/mol. The molecule has 1 fully saturated rings. The molecule has 6 nitrogen and oxygen atoms in total. The van der Waals surface area contributed by atoms with Crippen LogP contribution in [-0.2, 0) is 9.59 Å². The molecule has 6 heteroatoms. The van der Waals surface area contributed by atoms with E-state index in [1.54, 1.807) is 29.2 Å². The number of piperidine rings is 1. The zero-order valence-corrected chi connectivity index (χ0v) is 14.5. The zero-order chi connectivity index (χ0) is 18.1. The van der Waals surface area contributed by atoms with Gasteiger partial charge in [-0.1, -0.05) is 12.1 Å². The standard InChI is InChI=1S/C19H23N3O3/c1-2-25-17-8-6-15(7-9-17)12-16(13-20)19(24)21-14-18(23)22-10-4-3-5-11-22/h6-9,12H,2-5,10-11,14H2,1H3,(H,21,24)/b16-12-. The van der Waals surface area contributed by atoms with Crippen molar-refractivity contribution in [2.45, 2.75) is 26.2 Å². The molecule has 2 rings (SSSR count).